The average Bonchev–Trinajstić information content (AvgIpc) is 3.33. The lowest BCUT2D eigenvalue weighted by molar-refractivity contribution is -0.121. The Labute approximate surface area is 209 Å². The van der Waals surface area contributed by atoms with Crippen LogP contribution in [0.1, 0.15) is 36.7 Å². The van der Waals surface area contributed by atoms with Crippen LogP contribution in [0.25, 0.3) is 0 Å². The van der Waals surface area contributed by atoms with E-state index in [2.05, 4.69) is 38.2 Å². The second kappa shape index (κ2) is 9.45. The van der Waals surface area contributed by atoms with Crippen molar-refractivity contribution in [1.82, 2.24) is 0 Å². The van der Waals surface area contributed by atoms with Crippen molar-refractivity contribution >= 4 is 23.2 Å². The van der Waals surface area contributed by atoms with Crippen LogP contribution in [0.2, 0.25) is 0 Å². The summed E-state index contributed by atoms with van der Waals surface area (Å²) in [4.78, 5) is 27.1. The molecule has 0 aromatic heterocycles. The van der Waals surface area contributed by atoms with Gasteiger partial charge in [-0.2, -0.15) is 0 Å². The molecule has 0 atom stereocenters. The zero-order chi connectivity index (χ0) is 25.3. The van der Waals surface area contributed by atoms with Gasteiger partial charge < -0.3 is 29.2 Å². The molecule has 36 heavy (non-hydrogen) atoms. The third-order valence-corrected chi connectivity index (χ3v) is 6.10. The molecule has 0 spiro atoms. The van der Waals surface area contributed by atoms with E-state index in [0.29, 0.717) is 47.3 Å². The highest BCUT2D eigenvalue weighted by Crippen LogP contribution is 2.36. The van der Waals surface area contributed by atoms with Gasteiger partial charge in [0.25, 0.3) is 11.8 Å². The Bertz CT molecular complexity index is 1300. The Hall–Kier alpha value is -4.20. The Morgan fingerprint density at radius 3 is 2.47 bits per heavy atom. The minimum Gasteiger partial charge on any atom is -0.492 e. The first-order valence-corrected chi connectivity index (χ1v) is 11.8. The summed E-state index contributed by atoms with van der Waals surface area (Å²) in [5.74, 6) is 1.99. The predicted octanol–water partition coefficient (Wildman–Crippen LogP) is 4.77. The molecule has 2 heterocycles. The van der Waals surface area contributed by atoms with E-state index in [1.165, 1.54) is 5.56 Å². The first kappa shape index (κ1) is 23.5. The lowest BCUT2D eigenvalue weighted by Gasteiger charge is -2.29. The highest BCUT2D eigenvalue weighted by Gasteiger charge is 2.26. The second-order valence-corrected chi connectivity index (χ2v) is 9.66. The molecule has 8 nitrogen and oxygen atoms in total. The lowest BCUT2D eigenvalue weighted by atomic mass is 9.87. The van der Waals surface area contributed by atoms with Crippen molar-refractivity contribution < 1.29 is 28.5 Å². The van der Waals surface area contributed by atoms with Gasteiger partial charge in [-0.25, -0.2) is 0 Å². The molecule has 0 radical (unpaired) electrons. The molecule has 1 N–H and O–H groups in total. The highest BCUT2D eigenvalue weighted by molar-refractivity contribution is 6.05. The van der Waals surface area contributed by atoms with E-state index in [9.17, 15) is 9.59 Å². The maximum absolute atomic E-state index is 12.8. The van der Waals surface area contributed by atoms with Gasteiger partial charge in [-0.1, -0.05) is 32.9 Å². The summed E-state index contributed by atoms with van der Waals surface area (Å²) in [6, 6.07) is 18.2. The van der Waals surface area contributed by atoms with Crippen LogP contribution in [-0.2, 0) is 10.2 Å². The Morgan fingerprint density at radius 1 is 0.944 bits per heavy atom. The van der Waals surface area contributed by atoms with E-state index in [1.807, 2.05) is 12.1 Å². The molecular formula is C28H28N2O6. The van der Waals surface area contributed by atoms with Gasteiger partial charge in [0.2, 0.25) is 6.79 Å². The van der Waals surface area contributed by atoms with Crippen LogP contribution < -0.4 is 29.2 Å². The zero-order valence-electron chi connectivity index (χ0n) is 20.5. The van der Waals surface area contributed by atoms with E-state index in [0.717, 1.165) is 5.75 Å². The van der Waals surface area contributed by atoms with Crippen molar-refractivity contribution in [2.75, 3.05) is 36.8 Å². The fourth-order valence-corrected chi connectivity index (χ4v) is 4.07. The Kier molecular flexibility index (Phi) is 6.18. The van der Waals surface area contributed by atoms with E-state index < -0.39 is 0 Å². The number of carbonyl (C=O) groups is 2. The van der Waals surface area contributed by atoms with Gasteiger partial charge >= 0.3 is 0 Å². The minimum atomic E-state index is -0.301. The van der Waals surface area contributed by atoms with E-state index in [-0.39, 0.29) is 30.6 Å². The van der Waals surface area contributed by atoms with Crippen molar-refractivity contribution in [3.63, 3.8) is 0 Å². The fraction of sp³-hybridized carbons (Fsp3) is 0.286. The third kappa shape index (κ3) is 4.93. The SMILES string of the molecule is CC(C)(C)c1ccc(OCCN2C(=O)COc3ccc(NC(=O)c4ccc5c(c4)OCO5)cc32)cc1. The summed E-state index contributed by atoms with van der Waals surface area (Å²) in [6.45, 7) is 7.24. The smallest absolute Gasteiger partial charge is 0.265 e. The monoisotopic (exact) mass is 488 g/mol. The molecule has 2 amide bonds. The van der Waals surface area contributed by atoms with Crippen molar-refractivity contribution in [2.45, 2.75) is 26.2 Å². The van der Waals surface area contributed by atoms with Crippen molar-refractivity contribution in [3.05, 3.63) is 71.8 Å². The summed E-state index contributed by atoms with van der Waals surface area (Å²) >= 11 is 0. The van der Waals surface area contributed by atoms with Crippen LogP contribution in [0.15, 0.2) is 60.7 Å². The highest BCUT2D eigenvalue weighted by atomic mass is 16.7. The zero-order valence-corrected chi connectivity index (χ0v) is 20.5. The first-order valence-electron chi connectivity index (χ1n) is 11.8. The fourth-order valence-electron chi connectivity index (χ4n) is 4.07. The number of benzene rings is 3. The summed E-state index contributed by atoms with van der Waals surface area (Å²) in [5, 5.41) is 2.87. The Balaban J connectivity index is 1.26. The molecule has 3 aromatic rings. The summed E-state index contributed by atoms with van der Waals surface area (Å²) in [7, 11) is 0. The predicted molar refractivity (Wildman–Crippen MR) is 135 cm³/mol. The lowest BCUT2D eigenvalue weighted by Crippen LogP contribution is -2.41. The van der Waals surface area contributed by atoms with E-state index in [1.54, 1.807) is 41.3 Å². The van der Waals surface area contributed by atoms with Gasteiger partial charge in [-0.05, 0) is 59.5 Å². The summed E-state index contributed by atoms with van der Waals surface area (Å²) in [5.41, 5.74) is 2.85. The number of hydrogen-bond donors (Lipinski definition) is 1. The van der Waals surface area contributed by atoms with Crippen LogP contribution >= 0.6 is 0 Å². The van der Waals surface area contributed by atoms with Crippen molar-refractivity contribution in [1.29, 1.82) is 0 Å². The number of nitrogens with one attached hydrogen (secondary N) is 1. The molecule has 5 rings (SSSR count). The molecule has 186 valence electrons. The maximum atomic E-state index is 12.8. The maximum Gasteiger partial charge on any atom is 0.265 e. The number of fused-ring (bicyclic) bond motifs is 2. The number of nitrogens with zero attached hydrogens (tertiary/aromatic N) is 1. The van der Waals surface area contributed by atoms with E-state index >= 15 is 0 Å². The number of carbonyl (C=O) groups excluding carboxylic acids is 2. The molecule has 0 aliphatic carbocycles. The summed E-state index contributed by atoms with van der Waals surface area (Å²) < 4.78 is 22.2. The largest absolute Gasteiger partial charge is 0.492 e. The van der Waals surface area contributed by atoms with E-state index in [4.69, 9.17) is 18.9 Å². The van der Waals surface area contributed by atoms with Gasteiger partial charge in [0.15, 0.2) is 18.1 Å². The van der Waals surface area contributed by atoms with Crippen LogP contribution in [0.5, 0.6) is 23.0 Å². The molecule has 0 fully saturated rings. The normalized spacial score (nSPS) is 14.2. The van der Waals surface area contributed by atoms with Crippen LogP contribution in [0.4, 0.5) is 11.4 Å². The molecule has 0 saturated heterocycles. The van der Waals surface area contributed by atoms with Gasteiger partial charge in [0, 0.05) is 11.3 Å². The van der Waals surface area contributed by atoms with Crippen molar-refractivity contribution in [3.8, 4) is 23.0 Å². The number of anilines is 2. The Morgan fingerprint density at radius 2 is 1.69 bits per heavy atom. The molecule has 8 heteroatoms. The molecule has 0 saturated carbocycles. The minimum absolute atomic E-state index is 0.0455. The molecule has 0 unspecified atom stereocenters. The number of amides is 2. The molecule has 2 aliphatic heterocycles. The molecular weight excluding hydrogens is 460 g/mol. The van der Waals surface area contributed by atoms with Crippen LogP contribution in [0, 0.1) is 0 Å². The number of hydrogen-bond acceptors (Lipinski definition) is 6. The molecule has 0 bridgehead atoms. The standard InChI is InChI=1S/C28H28N2O6/c1-28(2,3)19-5-8-21(9-6-19)33-13-12-30-22-15-20(7-11-23(22)34-16-26(30)31)29-27(32)18-4-10-24-25(14-18)36-17-35-24/h4-11,14-15H,12-13,16-17H2,1-3H3,(H,29,32). The third-order valence-electron chi connectivity index (χ3n) is 6.10. The molecule has 3 aromatic carbocycles. The van der Waals surface area contributed by atoms with Gasteiger partial charge in [0.05, 0.1) is 12.2 Å². The van der Waals surface area contributed by atoms with Crippen LogP contribution in [-0.4, -0.2) is 38.4 Å². The van der Waals surface area contributed by atoms with Crippen molar-refractivity contribution in [2.24, 2.45) is 0 Å². The van der Waals surface area contributed by atoms with Crippen LogP contribution in [0.3, 0.4) is 0 Å². The molecule has 2 aliphatic rings. The average molecular weight is 489 g/mol. The summed E-state index contributed by atoms with van der Waals surface area (Å²) in [6.07, 6.45) is 0. The number of ether oxygens (including phenoxy) is 4. The topological polar surface area (TPSA) is 86.3 Å². The second-order valence-electron chi connectivity index (χ2n) is 9.66. The van der Waals surface area contributed by atoms with Gasteiger partial charge in [0.1, 0.15) is 18.1 Å². The first-order chi connectivity index (χ1) is 17.3. The quantitative estimate of drug-likeness (QED) is 0.538. The number of rotatable bonds is 6. The van der Waals surface area contributed by atoms with Gasteiger partial charge in [-0.15, -0.1) is 0 Å². The van der Waals surface area contributed by atoms with Gasteiger partial charge in [-0.3, -0.25) is 9.59 Å².